The molecule has 3 nitrogen and oxygen atoms in total. The highest BCUT2D eigenvalue weighted by Crippen LogP contribution is 2.31. The lowest BCUT2D eigenvalue weighted by molar-refractivity contribution is -0.137. The maximum absolute atomic E-state index is 12.6. The number of halogens is 3. The van der Waals surface area contributed by atoms with Crippen molar-refractivity contribution >= 4 is 11.8 Å². The van der Waals surface area contributed by atoms with E-state index in [9.17, 15) is 18.3 Å². The Kier molecular flexibility index (Phi) is 6.40. The molecule has 0 amide bonds. The van der Waals surface area contributed by atoms with Gasteiger partial charge in [0.1, 0.15) is 18.5 Å². The summed E-state index contributed by atoms with van der Waals surface area (Å²) in [5.41, 5.74) is -0.752. The number of ether oxygens (including phenoxy) is 1. The van der Waals surface area contributed by atoms with Gasteiger partial charge < -0.3 is 15.2 Å². The smallest absolute Gasteiger partial charge is 0.416 e. The molecule has 1 heterocycles. The first-order valence-electron chi connectivity index (χ1n) is 7.24. The molecule has 22 heavy (non-hydrogen) atoms. The Labute approximate surface area is 132 Å². The van der Waals surface area contributed by atoms with Gasteiger partial charge in [0.05, 0.1) is 5.56 Å². The van der Waals surface area contributed by atoms with Gasteiger partial charge in [-0.2, -0.15) is 24.9 Å². The summed E-state index contributed by atoms with van der Waals surface area (Å²) in [4.78, 5) is 0. The van der Waals surface area contributed by atoms with Gasteiger partial charge in [0, 0.05) is 12.6 Å². The van der Waals surface area contributed by atoms with Crippen LogP contribution in [0.1, 0.15) is 18.4 Å². The van der Waals surface area contributed by atoms with Crippen molar-refractivity contribution in [1.82, 2.24) is 5.32 Å². The zero-order chi connectivity index (χ0) is 16.0. The lowest BCUT2D eigenvalue weighted by atomic mass is 10.1. The number of aliphatic hydroxyl groups is 1. The van der Waals surface area contributed by atoms with Crippen molar-refractivity contribution in [2.24, 2.45) is 0 Å². The Bertz CT molecular complexity index is 464. The standard InChI is InChI=1S/C15H20F3NO2S/c16-15(17,18)11-2-1-3-14(8-11)21-10-13(20)9-19-12-4-6-22-7-5-12/h1-3,8,12-13,19-20H,4-7,9-10H2. The molecule has 0 aliphatic carbocycles. The number of aliphatic hydroxyl groups excluding tert-OH is 1. The van der Waals surface area contributed by atoms with Crippen LogP contribution in [0.2, 0.25) is 0 Å². The fourth-order valence-electron chi connectivity index (χ4n) is 2.22. The van der Waals surface area contributed by atoms with Gasteiger partial charge in [0.15, 0.2) is 0 Å². The van der Waals surface area contributed by atoms with Crippen LogP contribution in [-0.4, -0.2) is 41.9 Å². The molecule has 2 rings (SSSR count). The number of benzene rings is 1. The molecule has 0 spiro atoms. The van der Waals surface area contributed by atoms with Crippen LogP contribution in [-0.2, 0) is 6.18 Å². The van der Waals surface area contributed by atoms with Crippen molar-refractivity contribution < 1.29 is 23.0 Å². The molecule has 0 bridgehead atoms. The summed E-state index contributed by atoms with van der Waals surface area (Å²) >= 11 is 1.92. The summed E-state index contributed by atoms with van der Waals surface area (Å²) in [5, 5.41) is 13.1. The van der Waals surface area contributed by atoms with E-state index in [1.807, 2.05) is 11.8 Å². The average Bonchev–Trinajstić information content (AvgIpc) is 2.51. The van der Waals surface area contributed by atoms with E-state index in [-0.39, 0.29) is 12.4 Å². The van der Waals surface area contributed by atoms with Crippen LogP contribution in [0.25, 0.3) is 0 Å². The predicted molar refractivity (Wildman–Crippen MR) is 81.3 cm³/mol. The van der Waals surface area contributed by atoms with E-state index in [1.165, 1.54) is 12.1 Å². The van der Waals surface area contributed by atoms with E-state index in [2.05, 4.69) is 5.32 Å². The highest BCUT2D eigenvalue weighted by atomic mass is 32.2. The molecule has 1 aromatic carbocycles. The van der Waals surface area contributed by atoms with E-state index < -0.39 is 17.8 Å². The third kappa shape index (κ3) is 5.70. The quantitative estimate of drug-likeness (QED) is 0.839. The van der Waals surface area contributed by atoms with Crippen LogP contribution >= 0.6 is 11.8 Å². The molecule has 1 atom stereocenters. The number of thioether (sulfide) groups is 1. The molecular weight excluding hydrogens is 315 g/mol. The van der Waals surface area contributed by atoms with Crippen molar-refractivity contribution in [3.8, 4) is 5.75 Å². The molecule has 1 fully saturated rings. The van der Waals surface area contributed by atoms with E-state index in [4.69, 9.17) is 4.74 Å². The minimum Gasteiger partial charge on any atom is -0.491 e. The Morgan fingerprint density at radius 2 is 2.05 bits per heavy atom. The molecular formula is C15H20F3NO2S. The van der Waals surface area contributed by atoms with Crippen molar-refractivity contribution in [2.45, 2.75) is 31.2 Å². The molecule has 1 aliphatic rings. The van der Waals surface area contributed by atoms with Crippen LogP contribution in [0.4, 0.5) is 13.2 Å². The van der Waals surface area contributed by atoms with Crippen molar-refractivity contribution in [2.75, 3.05) is 24.7 Å². The summed E-state index contributed by atoms with van der Waals surface area (Å²) in [6.07, 6.45) is -2.99. The highest BCUT2D eigenvalue weighted by Gasteiger charge is 2.30. The van der Waals surface area contributed by atoms with Gasteiger partial charge in [-0.25, -0.2) is 0 Å². The zero-order valence-corrected chi connectivity index (χ0v) is 12.9. The molecule has 7 heteroatoms. The molecule has 124 valence electrons. The SMILES string of the molecule is OC(CNC1CCSCC1)COc1cccc(C(F)(F)F)c1. The number of hydrogen-bond donors (Lipinski definition) is 2. The van der Waals surface area contributed by atoms with Gasteiger partial charge >= 0.3 is 6.18 Å². The fourth-order valence-corrected chi connectivity index (χ4v) is 3.32. The number of rotatable bonds is 6. The maximum Gasteiger partial charge on any atom is 0.416 e. The summed E-state index contributed by atoms with van der Waals surface area (Å²) in [5.74, 6) is 2.35. The normalized spacial score (nSPS) is 18.2. The molecule has 1 unspecified atom stereocenters. The molecule has 0 saturated carbocycles. The Morgan fingerprint density at radius 3 is 2.73 bits per heavy atom. The van der Waals surface area contributed by atoms with Gasteiger partial charge in [-0.3, -0.25) is 0 Å². The van der Waals surface area contributed by atoms with E-state index in [1.54, 1.807) is 0 Å². The predicted octanol–water partition coefficient (Wildman–Crippen LogP) is 2.93. The molecule has 1 saturated heterocycles. The lowest BCUT2D eigenvalue weighted by Gasteiger charge is -2.24. The first kappa shape index (κ1) is 17.4. The lowest BCUT2D eigenvalue weighted by Crippen LogP contribution is -2.39. The summed E-state index contributed by atoms with van der Waals surface area (Å²) in [7, 11) is 0. The second-order valence-corrected chi connectivity index (χ2v) is 6.51. The summed E-state index contributed by atoms with van der Waals surface area (Å²) < 4.78 is 43.0. The van der Waals surface area contributed by atoms with Crippen molar-refractivity contribution in [1.29, 1.82) is 0 Å². The number of hydrogen-bond acceptors (Lipinski definition) is 4. The molecule has 1 aliphatic heterocycles. The van der Waals surface area contributed by atoms with E-state index in [0.717, 1.165) is 36.5 Å². The first-order chi connectivity index (χ1) is 10.4. The summed E-state index contributed by atoms with van der Waals surface area (Å²) in [6, 6.07) is 5.09. The second-order valence-electron chi connectivity index (χ2n) is 5.29. The average molecular weight is 335 g/mol. The number of alkyl halides is 3. The first-order valence-corrected chi connectivity index (χ1v) is 8.40. The fraction of sp³-hybridized carbons (Fsp3) is 0.600. The Hall–Kier alpha value is -0.920. The van der Waals surface area contributed by atoms with Crippen molar-refractivity contribution in [3.05, 3.63) is 29.8 Å². The van der Waals surface area contributed by atoms with Gasteiger partial charge in [-0.05, 0) is 42.5 Å². The minimum atomic E-state index is -4.39. The maximum atomic E-state index is 12.6. The van der Waals surface area contributed by atoms with Crippen molar-refractivity contribution in [3.63, 3.8) is 0 Å². The van der Waals surface area contributed by atoms with Crippen LogP contribution < -0.4 is 10.1 Å². The van der Waals surface area contributed by atoms with Gasteiger partial charge in [0.25, 0.3) is 0 Å². The van der Waals surface area contributed by atoms with Crippen LogP contribution in [0.3, 0.4) is 0 Å². The molecule has 0 radical (unpaired) electrons. The monoisotopic (exact) mass is 335 g/mol. The van der Waals surface area contributed by atoms with Crippen LogP contribution in [0.5, 0.6) is 5.75 Å². The molecule has 2 N–H and O–H groups in total. The van der Waals surface area contributed by atoms with Gasteiger partial charge in [-0.1, -0.05) is 6.07 Å². The summed E-state index contributed by atoms with van der Waals surface area (Å²) in [6.45, 7) is 0.351. The Balaban J connectivity index is 1.74. The third-order valence-corrected chi connectivity index (χ3v) is 4.52. The minimum absolute atomic E-state index is 0.0320. The third-order valence-electron chi connectivity index (χ3n) is 3.47. The number of nitrogens with one attached hydrogen (secondary N) is 1. The second kappa shape index (κ2) is 8.08. The van der Waals surface area contributed by atoms with Crippen LogP contribution in [0, 0.1) is 0 Å². The van der Waals surface area contributed by atoms with Gasteiger partial charge in [0.2, 0.25) is 0 Å². The molecule has 0 aromatic heterocycles. The van der Waals surface area contributed by atoms with Crippen LogP contribution in [0.15, 0.2) is 24.3 Å². The molecule has 1 aromatic rings. The van der Waals surface area contributed by atoms with Gasteiger partial charge in [-0.15, -0.1) is 0 Å². The highest BCUT2D eigenvalue weighted by molar-refractivity contribution is 7.99. The van der Waals surface area contributed by atoms with E-state index in [0.29, 0.717) is 12.6 Å². The largest absolute Gasteiger partial charge is 0.491 e. The zero-order valence-electron chi connectivity index (χ0n) is 12.1. The van der Waals surface area contributed by atoms with E-state index >= 15 is 0 Å². The topological polar surface area (TPSA) is 41.5 Å². The Morgan fingerprint density at radius 1 is 1.32 bits per heavy atom.